The molecule has 2 saturated heterocycles. The van der Waals surface area contributed by atoms with Crippen molar-refractivity contribution in [2.24, 2.45) is 0 Å². The molecule has 3 unspecified atom stereocenters. The van der Waals surface area contributed by atoms with Crippen molar-refractivity contribution in [2.45, 2.75) is 43.7 Å². The Balaban J connectivity index is 1.74. The average Bonchev–Trinajstić information content (AvgIpc) is 2.69. The summed E-state index contributed by atoms with van der Waals surface area (Å²) < 4.78 is 34.5. The van der Waals surface area contributed by atoms with Gasteiger partial charge in [0.1, 0.15) is 11.5 Å². The van der Waals surface area contributed by atoms with Crippen molar-refractivity contribution in [1.82, 2.24) is 14.9 Å². The van der Waals surface area contributed by atoms with Crippen molar-refractivity contribution in [2.75, 3.05) is 32.8 Å². The summed E-state index contributed by atoms with van der Waals surface area (Å²) in [6.45, 7) is 9.51. The highest BCUT2D eigenvalue weighted by Gasteiger charge is 2.38. The molecule has 7 heteroatoms. The molecule has 0 spiro atoms. The molecule has 2 heterocycles. The molecule has 1 aromatic rings. The highest BCUT2D eigenvalue weighted by atomic mass is 32.2. The van der Waals surface area contributed by atoms with Crippen LogP contribution in [-0.2, 0) is 14.8 Å². The number of piperazine rings is 1. The van der Waals surface area contributed by atoms with E-state index in [1.807, 2.05) is 31.2 Å². The Morgan fingerprint density at radius 3 is 2.74 bits per heavy atom. The minimum atomic E-state index is -3.59. The Morgan fingerprint density at radius 1 is 1.30 bits per heavy atom. The van der Waals surface area contributed by atoms with Crippen LogP contribution in [0.4, 0.5) is 0 Å². The predicted molar refractivity (Wildman–Crippen MR) is 108 cm³/mol. The molecule has 0 aromatic heterocycles. The number of sulfonamides is 1. The standard InChI is InChI=1S/C20H31N3O3S/c1-3-19(17-9-7-16(2)8-10-17)27(24,25)23-13-5-4-6-20(23)26-15-18-14-21-11-12-22-18/h3,7-10,18-22H,1,4-6,11-15H2,2H3. The lowest BCUT2D eigenvalue weighted by molar-refractivity contribution is -0.0481. The summed E-state index contributed by atoms with van der Waals surface area (Å²) in [4.78, 5) is 0. The van der Waals surface area contributed by atoms with Crippen molar-refractivity contribution >= 4 is 10.0 Å². The third-order valence-corrected chi connectivity index (χ3v) is 7.46. The van der Waals surface area contributed by atoms with Gasteiger partial charge in [0.2, 0.25) is 10.0 Å². The number of nitrogens with zero attached hydrogens (tertiary/aromatic N) is 1. The van der Waals surface area contributed by atoms with Crippen molar-refractivity contribution in [3.05, 3.63) is 48.0 Å². The van der Waals surface area contributed by atoms with E-state index in [0.29, 0.717) is 13.2 Å². The molecule has 3 atom stereocenters. The highest BCUT2D eigenvalue weighted by molar-refractivity contribution is 7.89. The number of nitrogens with one attached hydrogen (secondary N) is 2. The van der Waals surface area contributed by atoms with Crippen LogP contribution in [-0.4, -0.2) is 57.8 Å². The lowest BCUT2D eigenvalue weighted by atomic mass is 10.1. The van der Waals surface area contributed by atoms with Gasteiger partial charge in [-0.05, 0) is 31.7 Å². The van der Waals surface area contributed by atoms with Crippen molar-refractivity contribution in [3.63, 3.8) is 0 Å². The van der Waals surface area contributed by atoms with Gasteiger partial charge in [-0.2, -0.15) is 4.31 Å². The third-order valence-electron chi connectivity index (χ3n) is 5.28. The first-order chi connectivity index (χ1) is 13.0. The van der Waals surface area contributed by atoms with E-state index in [1.165, 1.54) is 6.08 Å². The molecule has 27 heavy (non-hydrogen) atoms. The van der Waals surface area contributed by atoms with Gasteiger partial charge in [0, 0.05) is 32.2 Å². The van der Waals surface area contributed by atoms with Gasteiger partial charge in [-0.25, -0.2) is 8.42 Å². The molecule has 2 aliphatic rings. The van der Waals surface area contributed by atoms with E-state index in [4.69, 9.17) is 4.74 Å². The Labute approximate surface area is 163 Å². The monoisotopic (exact) mass is 393 g/mol. The molecule has 3 rings (SSSR count). The molecular formula is C20H31N3O3S. The van der Waals surface area contributed by atoms with Crippen LogP contribution < -0.4 is 10.6 Å². The van der Waals surface area contributed by atoms with Gasteiger partial charge in [0.25, 0.3) is 0 Å². The maximum Gasteiger partial charge on any atom is 0.226 e. The molecule has 0 radical (unpaired) electrons. The number of piperidine rings is 1. The number of hydrogen-bond acceptors (Lipinski definition) is 5. The van der Waals surface area contributed by atoms with E-state index in [2.05, 4.69) is 17.2 Å². The van der Waals surface area contributed by atoms with Crippen LogP contribution in [0, 0.1) is 6.92 Å². The second-order valence-corrected chi connectivity index (χ2v) is 9.37. The van der Waals surface area contributed by atoms with Gasteiger partial charge < -0.3 is 15.4 Å². The Bertz CT molecular complexity index is 714. The zero-order chi connectivity index (χ0) is 19.3. The number of aryl methyl sites for hydroxylation is 1. The maximum absolute atomic E-state index is 13.4. The minimum Gasteiger partial charge on any atom is -0.360 e. The molecule has 0 amide bonds. The van der Waals surface area contributed by atoms with Gasteiger partial charge in [0.05, 0.1) is 6.61 Å². The number of benzene rings is 1. The molecule has 150 valence electrons. The summed E-state index contributed by atoms with van der Waals surface area (Å²) in [6, 6.07) is 7.84. The van der Waals surface area contributed by atoms with E-state index >= 15 is 0 Å². The Morgan fingerprint density at radius 2 is 2.07 bits per heavy atom. The molecule has 0 aliphatic carbocycles. The lowest BCUT2D eigenvalue weighted by Gasteiger charge is -2.37. The van der Waals surface area contributed by atoms with E-state index in [0.717, 1.165) is 50.0 Å². The van der Waals surface area contributed by atoms with Gasteiger partial charge in [-0.15, -0.1) is 6.58 Å². The van der Waals surface area contributed by atoms with Gasteiger partial charge >= 0.3 is 0 Å². The molecule has 2 N–H and O–H groups in total. The van der Waals surface area contributed by atoms with Crippen molar-refractivity contribution < 1.29 is 13.2 Å². The van der Waals surface area contributed by atoms with Gasteiger partial charge in [0.15, 0.2) is 0 Å². The zero-order valence-electron chi connectivity index (χ0n) is 16.1. The summed E-state index contributed by atoms with van der Waals surface area (Å²) >= 11 is 0. The molecular weight excluding hydrogens is 362 g/mol. The molecule has 1 aromatic carbocycles. The lowest BCUT2D eigenvalue weighted by Crippen LogP contribution is -2.53. The van der Waals surface area contributed by atoms with Crippen LogP contribution in [0.2, 0.25) is 0 Å². The van der Waals surface area contributed by atoms with Crippen LogP contribution in [0.1, 0.15) is 35.6 Å². The van der Waals surface area contributed by atoms with Crippen molar-refractivity contribution in [1.29, 1.82) is 0 Å². The Kier molecular flexibility index (Phi) is 7.05. The van der Waals surface area contributed by atoms with Crippen LogP contribution in [0.3, 0.4) is 0 Å². The molecule has 0 saturated carbocycles. The first-order valence-electron chi connectivity index (χ1n) is 9.78. The average molecular weight is 394 g/mol. The fraction of sp³-hybridized carbons (Fsp3) is 0.600. The fourth-order valence-corrected chi connectivity index (χ4v) is 5.64. The summed E-state index contributed by atoms with van der Waals surface area (Å²) in [7, 11) is -3.59. The van der Waals surface area contributed by atoms with Crippen LogP contribution >= 0.6 is 0 Å². The Hall–Kier alpha value is -1.25. The van der Waals surface area contributed by atoms with Gasteiger partial charge in [-0.3, -0.25) is 0 Å². The van der Waals surface area contributed by atoms with E-state index < -0.39 is 21.5 Å². The normalized spacial score (nSPS) is 25.8. The molecule has 0 bridgehead atoms. The molecule has 2 aliphatic heterocycles. The van der Waals surface area contributed by atoms with E-state index in [1.54, 1.807) is 4.31 Å². The third kappa shape index (κ3) is 4.97. The maximum atomic E-state index is 13.4. The zero-order valence-corrected chi connectivity index (χ0v) is 16.9. The summed E-state index contributed by atoms with van der Waals surface area (Å²) in [5, 5.41) is 5.98. The number of ether oxygens (including phenoxy) is 1. The molecule has 2 fully saturated rings. The highest BCUT2D eigenvalue weighted by Crippen LogP contribution is 2.32. The largest absolute Gasteiger partial charge is 0.360 e. The van der Waals surface area contributed by atoms with Crippen LogP contribution in [0.5, 0.6) is 0 Å². The quantitative estimate of drug-likeness (QED) is 0.693. The molecule has 6 nitrogen and oxygen atoms in total. The van der Waals surface area contributed by atoms with Crippen LogP contribution in [0.15, 0.2) is 36.9 Å². The van der Waals surface area contributed by atoms with E-state index in [9.17, 15) is 8.42 Å². The van der Waals surface area contributed by atoms with E-state index in [-0.39, 0.29) is 6.04 Å². The summed E-state index contributed by atoms with van der Waals surface area (Å²) in [5.74, 6) is 0. The first kappa shape index (κ1) is 20.5. The SMILES string of the molecule is C=CC(c1ccc(C)cc1)S(=O)(=O)N1CCCCC1OCC1CNCCN1. The first-order valence-corrected chi connectivity index (χ1v) is 11.3. The second-order valence-electron chi connectivity index (χ2n) is 7.36. The van der Waals surface area contributed by atoms with Crippen molar-refractivity contribution in [3.8, 4) is 0 Å². The smallest absolute Gasteiger partial charge is 0.226 e. The van der Waals surface area contributed by atoms with Gasteiger partial charge in [-0.1, -0.05) is 35.9 Å². The second kappa shape index (κ2) is 9.30. The predicted octanol–water partition coefficient (Wildman–Crippen LogP) is 1.94. The topological polar surface area (TPSA) is 70.7 Å². The fourth-order valence-electron chi connectivity index (χ4n) is 3.72. The number of hydrogen-bond donors (Lipinski definition) is 2. The minimum absolute atomic E-state index is 0.220. The summed E-state index contributed by atoms with van der Waals surface area (Å²) in [6.07, 6.45) is 3.70. The summed E-state index contributed by atoms with van der Waals surface area (Å²) in [5.41, 5.74) is 1.85. The number of rotatable bonds is 7. The van der Waals surface area contributed by atoms with Crippen LogP contribution in [0.25, 0.3) is 0 Å².